The predicted molar refractivity (Wildman–Crippen MR) is 66.6 cm³/mol. The summed E-state index contributed by atoms with van der Waals surface area (Å²) in [7, 11) is 8.10. The molecule has 0 spiro atoms. The van der Waals surface area contributed by atoms with Crippen LogP contribution in [0.3, 0.4) is 0 Å². The summed E-state index contributed by atoms with van der Waals surface area (Å²) in [5, 5.41) is 0. The lowest BCUT2D eigenvalue weighted by Gasteiger charge is -2.15. The minimum Gasteiger partial charge on any atom is -0.305 e. The summed E-state index contributed by atoms with van der Waals surface area (Å²) in [4.78, 5) is 15.1. The summed E-state index contributed by atoms with van der Waals surface area (Å²) in [6, 6.07) is 6.04. The minimum atomic E-state index is 0.788. The van der Waals surface area contributed by atoms with Crippen molar-refractivity contribution in [2.24, 2.45) is 0 Å². The third kappa shape index (κ3) is 3.76. The van der Waals surface area contributed by atoms with Crippen LogP contribution in [-0.4, -0.2) is 44.3 Å². The Morgan fingerprint density at radius 2 is 1.69 bits per heavy atom. The topological polar surface area (TPSA) is 23.6 Å². The van der Waals surface area contributed by atoms with Crippen LogP contribution >= 0.6 is 0 Å². The van der Waals surface area contributed by atoms with E-state index < -0.39 is 0 Å². The van der Waals surface area contributed by atoms with Crippen LogP contribution in [0.2, 0.25) is 0 Å². The molecule has 0 aliphatic carbocycles. The average Bonchev–Trinajstić information content (AvgIpc) is 2.16. The molecule has 0 heterocycles. The minimum absolute atomic E-state index is 0.788. The van der Waals surface area contributed by atoms with E-state index >= 15 is 0 Å². The van der Waals surface area contributed by atoms with Crippen LogP contribution in [0, 0.1) is 0 Å². The molecule has 0 bridgehead atoms. The Morgan fingerprint density at radius 3 is 2.19 bits per heavy atom. The van der Waals surface area contributed by atoms with Crippen molar-refractivity contribution in [3.63, 3.8) is 0 Å². The second-order valence-corrected chi connectivity index (χ2v) is 4.63. The first-order valence-corrected chi connectivity index (χ1v) is 5.39. The molecule has 1 aromatic carbocycles. The maximum absolute atomic E-state index is 10.9. The monoisotopic (exact) mass is 220 g/mol. The number of hydrogen-bond acceptors (Lipinski definition) is 3. The van der Waals surface area contributed by atoms with E-state index in [0.29, 0.717) is 0 Å². The van der Waals surface area contributed by atoms with Gasteiger partial charge in [-0.15, -0.1) is 0 Å². The molecule has 0 unspecified atom stereocenters. The predicted octanol–water partition coefficient (Wildman–Crippen LogP) is 1.62. The van der Waals surface area contributed by atoms with E-state index in [1.165, 1.54) is 5.56 Å². The largest absolute Gasteiger partial charge is 0.305 e. The van der Waals surface area contributed by atoms with Gasteiger partial charge in [-0.25, -0.2) is 0 Å². The first kappa shape index (κ1) is 12.9. The standard InChI is InChI=1S/C13H20N2O/c1-14(2)8-11-5-6-12(10-16)13(7-11)9-15(3)4/h5-7,10H,8-9H2,1-4H3. The zero-order valence-corrected chi connectivity index (χ0v) is 10.5. The van der Waals surface area contributed by atoms with Crippen LogP contribution in [0.15, 0.2) is 18.2 Å². The van der Waals surface area contributed by atoms with Crippen LogP contribution in [0.5, 0.6) is 0 Å². The SMILES string of the molecule is CN(C)Cc1ccc(C=O)c(CN(C)C)c1. The smallest absolute Gasteiger partial charge is 0.150 e. The Kier molecular flexibility index (Phi) is 4.65. The first-order chi connectivity index (χ1) is 7.52. The molecule has 1 aromatic rings. The summed E-state index contributed by atoms with van der Waals surface area (Å²) in [5.41, 5.74) is 3.13. The molecule has 0 atom stereocenters. The Labute approximate surface area is 97.7 Å². The van der Waals surface area contributed by atoms with E-state index in [1.807, 2.05) is 40.3 Å². The highest BCUT2D eigenvalue weighted by Gasteiger charge is 2.05. The molecule has 3 nitrogen and oxygen atoms in total. The van der Waals surface area contributed by atoms with Crippen LogP contribution in [-0.2, 0) is 13.1 Å². The van der Waals surface area contributed by atoms with Gasteiger partial charge in [-0.1, -0.05) is 18.2 Å². The molecule has 16 heavy (non-hydrogen) atoms. The van der Waals surface area contributed by atoms with Crippen molar-refractivity contribution >= 4 is 6.29 Å². The van der Waals surface area contributed by atoms with Crippen molar-refractivity contribution in [2.75, 3.05) is 28.2 Å². The van der Waals surface area contributed by atoms with E-state index in [2.05, 4.69) is 15.9 Å². The highest BCUT2D eigenvalue weighted by Crippen LogP contribution is 2.13. The average molecular weight is 220 g/mol. The molecular weight excluding hydrogens is 200 g/mol. The molecule has 0 saturated heterocycles. The van der Waals surface area contributed by atoms with Gasteiger partial charge in [0.2, 0.25) is 0 Å². The normalized spacial score (nSPS) is 11.1. The van der Waals surface area contributed by atoms with Gasteiger partial charge in [-0.05, 0) is 39.3 Å². The highest BCUT2D eigenvalue weighted by molar-refractivity contribution is 5.77. The summed E-state index contributed by atoms with van der Waals surface area (Å²) in [6.07, 6.45) is 0.929. The van der Waals surface area contributed by atoms with E-state index in [4.69, 9.17) is 0 Å². The second-order valence-electron chi connectivity index (χ2n) is 4.63. The number of carbonyl (C=O) groups is 1. The van der Waals surface area contributed by atoms with E-state index in [1.54, 1.807) is 0 Å². The van der Waals surface area contributed by atoms with Gasteiger partial charge in [0.05, 0.1) is 0 Å². The molecule has 0 fully saturated rings. The van der Waals surface area contributed by atoms with Gasteiger partial charge < -0.3 is 9.80 Å². The lowest BCUT2D eigenvalue weighted by atomic mass is 10.0. The van der Waals surface area contributed by atoms with Crippen molar-refractivity contribution in [2.45, 2.75) is 13.1 Å². The third-order valence-electron chi connectivity index (χ3n) is 2.32. The van der Waals surface area contributed by atoms with Crippen LogP contribution in [0.4, 0.5) is 0 Å². The molecule has 1 rings (SSSR count). The van der Waals surface area contributed by atoms with Gasteiger partial charge in [0, 0.05) is 18.7 Å². The quantitative estimate of drug-likeness (QED) is 0.705. The molecule has 0 radical (unpaired) electrons. The van der Waals surface area contributed by atoms with Crippen molar-refractivity contribution in [1.29, 1.82) is 0 Å². The van der Waals surface area contributed by atoms with Crippen molar-refractivity contribution in [1.82, 2.24) is 9.80 Å². The van der Waals surface area contributed by atoms with Crippen LogP contribution in [0.1, 0.15) is 21.5 Å². The molecule has 0 N–H and O–H groups in total. The number of carbonyl (C=O) groups excluding carboxylic acids is 1. The van der Waals surface area contributed by atoms with Crippen molar-refractivity contribution in [3.05, 3.63) is 34.9 Å². The fourth-order valence-electron chi connectivity index (χ4n) is 1.72. The molecule has 0 amide bonds. The Morgan fingerprint density at radius 1 is 1.06 bits per heavy atom. The fourth-order valence-corrected chi connectivity index (χ4v) is 1.72. The van der Waals surface area contributed by atoms with E-state index in [0.717, 1.165) is 30.5 Å². The first-order valence-electron chi connectivity index (χ1n) is 5.39. The molecule has 0 aliphatic heterocycles. The van der Waals surface area contributed by atoms with E-state index in [-0.39, 0.29) is 0 Å². The van der Waals surface area contributed by atoms with Gasteiger partial charge in [0.25, 0.3) is 0 Å². The lowest BCUT2D eigenvalue weighted by Crippen LogP contribution is -2.14. The number of aldehydes is 1. The summed E-state index contributed by atoms with van der Waals surface area (Å²) in [5.74, 6) is 0. The molecule has 88 valence electrons. The van der Waals surface area contributed by atoms with Gasteiger partial charge in [0.15, 0.2) is 0 Å². The van der Waals surface area contributed by atoms with Gasteiger partial charge in [-0.2, -0.15) is 0 Å². The number of nitrogens with zero attached hydrogens (tertiary/aromatic N) is 2. The Balaban J connectivity index is 2.96. The van der Waals surface area contributed by atoms with Crippen LogP contribution in [0.25, 0.3) is 0 Å². The maximum Gasteiger partial charge on any atom is 0.150 e. The van der Waals surface area contributed by atoms with Crippen LogP contribution < -0.4 is 0 Å². The summed E-state index contributed by atoms with van der Waals surface area (Å²) < 4.78 is 0. The van der Waals surface area contributed by atoms with Crippen molar-refractivity contribution < 1.29 is 4.79 Å². The third-order valence-corrected chi connectivity index (χ3v) is 2.32. The Hall–Kier alpha value is -1.19. The lowest BCUT2D eigenvalue weighted by molar-refractivity contribution is 0.112. The number of hydrogen-bond donors (Lipinski definition) is 0. The second kappa shape index (κ2) is 5.77. The highest BCUT2D eigenvalue weighted by atomic mass is 16.1. The molecule has 0 saturated carbocycles. The van der Waals surface area contributed by atoms with Crippen molar-refractivity contribution in [3.8, 4) is 0 Å². The van der Waals surface area contributed by atoms with E-state index in [9.17, 15) is 4.79 Å². The maximum atomic E-state index is 10.9. The Bertz CT molecular complexity index is 359. The number of rotatable bonds is 5. The summed E-state index contributed by atoms with van der Waals surface area (Å²) >= 11 is 0. The summed E-state index contributed by atoms with van der Waals surface area (Å²) in [6.45, 7) is 1.70. The molecule has 0 aromatic heterocycles. The van der Waals surface area contributed by atoms with Gasteiger partial charge in [-0.3, -0.25) is 4.79 Å². The zero-order valence-electron chi connectivity index (χ0n) is 10.5. The molecule has 0 aliphatic rings. The molecule has 3 heteroatoms. The number of benzene rings is 1. The zero-order chi connectivity index (χ0) is 12.1. The van der Waals surface area contributed by atoms with Gasteiger partial charge >= 0.3 is 0 Å². The van der Waals surface area contributed by atoms with Gasteiger partial charge in [0.1, 0.15) is 6.29 Å². The molecular formula is C13H20N2O. The fraction of sp³-hybridized carbons (Fsp3) is 0.462.